The number of amides is 1. The molecule has 4 rings (SSSR count). The van der Waals surface area contributed by atoms with Crippen LogP contribution in [0.25, 0.3) is 10.2 Å². The van der Waals surface area contributed by atoms with E-state index < -0.39 is 20.9 Å². The van der Waals surface area contributed by atoms with Gasteiger partial charge in [0.05, 0.1) is 33.8 Å². The van der Waals surface area contributed by atoms with Crippen LogP contribution in [0.5, 0.6) is 5.75 Å². The van der Waals surface area contributed by atoms with Gasteiger partial charge in [-0.05, 0) is 55.5 Å². The molecule has 0 fully saturated rings. The number of rotatable bonds is 10. The third kappa shape index (κ3) is 6.07. The monoisotopic (exact) mass is 556 g/mol. The molecule has 11 nitrogen and oxygen atoms in total. The minimum Gasteiger partial charge on any atom is -0.497 e. The molecule has 0 spiro atoms. The van der Waals surface area contributed by atoms with Gasteiger partial charge in [-0.25, -0.2) is 8.42 Å². The van der Waals surface area contributed by atoms with Crippen LogP contribution in [0.1, 0.15) is 17.3 Å². The molecule has 3 aromatic carbocycles. The van der Waals surface area contributed by atoms with Gasteiger partial charge in [-0.2, -0.15) is 4.99 Å². The molecular weight excluding hydrogens is 532 g/mol. The van der Waals surface area contributed by atoms with E-state index in [0.29, 0.717) is 40.5 Å². The smallest absolute Gasteiger partial charge is 0.279 e. The van der Waals surface area contributed by atoms with Crippen LogP contribution < -0.4 is 14.3 Å². The Morgan fingerprint density at radius 3 is 2.58 bits per heavy atom. The van der Waals surface area contributed by atoms with Crippen molar-refractivity contribution in [3.8, 4) is 5.75 Å². The summed E-state index contributed by atoms with van der Waals surface area (Å²) in [7, 11) is -2.42. The van der Waals surface area contributed by atoms with E-state index in [0.717, 1.165) is 11.3 Å². The molecule has 13 heteroatoms. The Balaban J connectivity index is 1.66. The van der Waals surface area contributed by atoms with Gasteiger partial charge in [0.15, 0.2) is 4.80 Å². The van der Waals surface area contributed by atoms with Gasteiger partial charge in [-0.1, -0.05) is 17.4 Å². The molecule has 4 aromatic rings. The molecule has 1 N–H and O–H groups in total. The van der Waals surface area contributed by atoms with Gasteiger partial charge in [0.25, 0.3) is 21.6 Å². The summed E-state index contributed by atoms with van der Waals surface area (Å²) in [6.07, 6.45) is 0. The zero-order chi connectivity index (χ0) is 27.3. The quantitative estimate of drug-likeness (QED) is 0.175. The van der Waals surface area contributed by atoms with Crippen LogP contribution in [0.2, 0.25) is 0 Å². The topological polar surface area (TPSA) is 142 Å². The number of anilines is 1. The average molecular weight is 557 g/mol. The van der Waals surface area contributed by atoms with Gasteiger partial charge in [0, 0.05) is 36.5 Å². The van der Waals surface area contributed by atoms with Crippen molar-refractivity contribution in [3.63, 3.8) is 0 Å². The lowest BCUT2D eigenvalue weighted by atomic mass is 10.2. The number of benzene rings is 3. The van der Waals surface area contributed by atoms with Crippen LogP contribution in [0.15, 0.2) is 76.6 Å². The van der Waals surface area contributed by atoms with E-state index in [2.05, 4.69) is 9.71 Å². The highest BCUT2D eigenvalue weighted by Crippen LogP contribution is 2.24. The Bertz CT molecular complexity index is 1660. The SMILES string of the molecule is CCOCCn1c(=NC(=O)c2cccc(NS(=O)(=O)c3ccc(OC)cc3)c2)sc2cc([N+](=O)[O-])ccc21. The predicted molar refractivity (Wildman–Crippen MR) is 143 cm³/mol. The van der Waals surface area contributed by atoms with Crippen LogP contribution in [0.3, 0.4) is 0 Å². The van der Waals surface area contributed by atoms with Gasteiger partial charge in [0.1, 0.15) is 5.75 Å². The van der Waals surface area contributed by atoms with Gasteiger partial charge in [-0.3, -0.25) is 19.6 Å². The number of methoxy groups -OCH3 is 1. The maximum absolute atomic E-state index is 13.1. The van der Waals surface area contributed by atoms with Crippen molar-refractivity contribution in [2.24, 2.45) is 4.99 Å². The molecule has 198 valence electrons. The number of nitro benzene ring substituents is 1. The van der Waals surface area contributed by atoms with E-state index in [1.54, 1.807) is 16.7 Å². The summed E-state index contributed by atoms with van der Waals surface area (Å²) >= 11 is 1.14. The lowest BCUT2D eigenvalue weighted by Gasteiger charge is -2.09. The van der Waals surface area contributed by atoms with E-state index >= 15 is 0 Å². The van der Waals surface area contributed by atoms with Gasteiger partial charge in [0.2, 0.25) is 0 Å². The first kappa shape index (κ1) is 27.0. The first-order valence-electron chi connectivity index (χ1n) is 11.4. The Kier molecular flexibility index (Phi) is 8.20. The average Bonchev–Trinajstić information content (AvgIpc) is 3.24. The normalized spacial score (nSPS) is 12.0. The number of ether oxygens (including phenoxy) is 2. The number of non-ortho nitro benzene ring substituents is 1. The molecular formula is C25H24N4O7S2. The van der Waals surface area contributed by atoms with E-state index in [1.165, 1.54) is 61.7 Å². The Labute approximate surface area is 222 Å². The van der Waals surface area contributed by atoms with Gasteiger partial charge < -0.3 is 14.0 Å². The summed E-state index contributed by atoms with van der Waals surface area (Å²) in [6.45, 7) is 3.13. The largest absolute Gasteiger partial charge is 0.497 e. The minimum atomic E-state index is -3.91. The molecule has 0 aliphatic carbocycles. The lowest BCUT2D eigenvalue weighted by Crippen LogP contribution is -2.20. The Morgan fingerprint density at radius 2 is 1.89 bits per heavy atom. The first-order chi connectivity index (χ1) is 18.2. The number of aromatic nitrogens is 1. The summed E-state index contributed by atoms with van der Waals surface area (Å²) in [5, 5.41) is 11.2. The van der Waals surface area contributed by atoms with E-state index in [9.17, 15) is 23.3 Å². The molecule has 0 bridgehead atoms. The fourth-order valence-electron chi connectivity index (χ4n) is 3.61. The standard InChI is InChI=1S/C25H24N4O7S2/c1-3-36-14-13-28-22-12-7-19(29(31)32)16-23(22)37-25(28)26-24(30)17-5-4-6-18(15-17)27-38(33,34)21-10-8-20(35-2)9-11-21/h4-12,15-16,27H,3,13-14H2,1-2H3. The second-order valence-electron chi connectivity index (χ2n) is 7.92. The molecule has 1 heterocycles. The summed E-state index contributed by atoms with van der Waals surface area (Å²) < 4.78 is 40.9. The second-order valence-corrected chi connectivity index (χ2v) is 10.6. The predicted octanol–water partition coefficient (Wildman–Crippen LogP) is 4.20. The maximum atomic E-state index is 13.1. The number of nitro groups is 1. The highest BCUT2D eigenvalue weighted by Gasteiger charge is 2.16. The van der Waals surface area contributed by atoms with Gasteiger partial charge >= 0.3 is 0 Å². The molecule has 0 atom stereocenters. The number of thiazole rings is 1. The maximum Gasteiger partial charge on any atom is 0.279 e. The fourth-order valence-corrected chi connectivity index (χ4v) is 5.75. The molecule has 0 aliphatic heterocycles. The summed E-state index contributed by atoms with van der Waals surface area (Å²) in [5.41, 5.74) is 0.982. The van der Waals surface area contributed by atoms with Crippen LogP contribution >= 0.6 is 11.3 Å². The van der Waals surface area contributed by atoms with Crippen LogP contribution in [-0.2, 0) is 21.3 Å². The van der Waals surface area contributed by atoms with Crippen LogP contribution in [0.4, 0.5) is 11.4 Å². The number of hydrogen-bond donors (Lipinski definition) is 1. The zero-order valence-corrected chi connectivity index (χ0v) is 22.1. The van der Waals surface area contributed by atoms with E-state index in [1.807, 2.05) is 6.92 Å². The molecule has 0 saturated carbocycles. The number of hydrogen-bond acceptors (Lipinski definition) is 8. The van der Waals surface area contributed by atoms with E-state index in [-0.39, 0.29) is 21.8 Å². The molecule has 0 unspecified atom stereocenters. The number of carbonyl (C=O) groups is 1. The van der Waals surface area contributed by atoms with Crippen molar-refractivity contribution in [1.82, 2.24) is 4.57 Å². The number of nitrogens with zero attached hydrogens (tertiary/aromatic N) is 3. The van der Waals surface area contributed by atoms with Crippen LogP contribution in [0, 0.1) is 10.1 Å². The first-order valence-corrected chi connectivity index (χ1v) is 13.7. The van der Waals surface area contributed by atoms with Crippen LogP contribution in [-0.4, -0.2) is 44.1 Å². The molecule has 0 radical (unpaired) electrons. The number of sulfonamides is 1. The Hall–Kier alpha value is -4.07. The van der Waals surface area contributed by atoms with Crippen molar-refractivity contribution in [1.29, 1.82) is 0 Å². The second kappa shape index (κ2) is 11.5. The fraction of sp³-hybridized carbons (Fsp3) is 0.200. The van der Waals surface area contributed by atoms with Crippen molar-refractivity contribution >= 4 is 48.9 Å². The molecule has 38 heavy (non-hydrogen) atoms. The highest BCUT2D eigenvalue weighted by molar-refractivity contribution is 7.92. The molecule has 1 amide bonds. The van der Waals surface area contributed by atoms with Gasteiger partial charge in [-0.15, -0.1) is 0 Å². The summed E-state index contributed by atoms with van der Waals surface area (Å²) in [5.74, 6) is -0.0748. The number of nitrogens with one attached hydrogen (secondary N) is 1. The molecule has 1 aromatic heterocycles. The lowest BCUT2D eigenvalue weighted by molar-refractivity contribution is -0.384. The molecule has 0 aliphatic rings. The van der Waals surface area contributed by atoms with Crippen molar-refractivity contribution in [2.45, 2.75) is 18.4 Å². The van der Waals surface area contributed by atoms with Crippen molar-refractivity contribution in [3.05, 3.63) is 87.2 Å². The zero-order valence-electron chi connectivity index (χ0n) is 20.5. The number of fused-ring (bicyclic) bond motifs is 1. The van der Waals surface area contributed by atoms with Crippen molar-refractivity contribution < 1.29 is 27.6 Å². The highest BCUT2D eigenvalue weighted by atomic mass is 32.2. The summed E-state index contributed by atoms with van der Waals surface area (Å²) in [4.78, 5) is 28.5. The number of carbonyl (C=O) groups excluding carboxylic acids is 1. The summed E-state index contributed by atoms with van der Waals surface area (Å²) in [6, 6.07) is 16.4. The molecule has 0 saturated heterocycles. The third-order valence-electron chi connectivity index (χ3n) is 5.47. The van der Waals surface area contributed by atoms with Crippen molar-refractivity contribution in [2.75, 3.05) is 25.0 Å². The minimum absolute atomic E-state index is 0.0365. The van der Waals surface area contributed by atoms with E-state index in [4.69, 9.17) is 9.47 Å². The Morgan fingerprint density at radius 1 is 1.13 bits per heavy atom. The third-order valence-corrected chi connectivity index (χ3v) is 7.91.